The number of carboxylic acids is 1. The van der Waals surface area contributed by atoms with Gasteiger partial charge in [-0.15, -0.1) is 0 Å². The van der Waals surface area contributed by atoms with E-state index in [0.717, 1.165) is 17.5 Å². The van der Waals surface area contributed by atoms with E-state index >= 15 is 0 Å². The molecule has 2 unspecified atom stereocenters. The largest absolute Gasteiger partial charge is 0.481 e. The summed E-state index contributed by atoms with van der Waals surface area (Å²) in [4.78, 5) is 36.1. The van der Waals surface area contributed by atoms with Crippen molar-refractivity contribution in [3.8, 4) is 0 Å². The molecule has 1 saturated heterocycles. The highest BCUT2D eigenvalue weighted by Gasteiger charge is 2.32. The summed E-state index contributed by atoms with van der Waals surface area (Å²) < 4.78 is 7.74. The Morgan fingerprint density at radius 1 is 1.18 bits per heavy atom. The average molecular weight is 468 g/mol. The summed E-state index contributed by atoms with van der Waals surface area (Å²) >= 11 is 0. The lowest BCUT2D eigenvalue weighted by Gasteiger charge is -2.15. The van der Waals surface area contributed by atoms with Crippen molar-refractivity contribution < 1.29 is 19.4 Å². The van der Waals surface area contributed by atoms with E-state index in [0.29, 0.717) is 49.5 Å². The zero-order valence-corrected chi connectivity index (χ0v) is 19.0. The first kappa shape index (κ1) is 23.4. The fourth-order valence-electron chi connectivity index (χ4n) is 3.98. The Kier molecular flexibility index (Phi) is 7.21. The van der Waals surface area contributed by atoms with Crippen molar-refractivity contribution in [1.82, 2.24) is 24.8 Å². The maximum absolute atomic E-state index is 12.1. The zero-order chi connectivity index (χ0) is 24.1. The molecule has 11 nitrogen and oxygen atoms in total. The highest BCUT2D eigenvalue weighted by molar-refractivity contribution is 5.83. The predicted molar refractivity (Wildman–Crippen MR) is 126 cm³/mol. The molecule has 1 aliphatic heterocycles. The summed E-state index contributed by atoms with van der Waals surface area (Å²) in [5.41, 5.74) is 9.28. The molecule has 2 atom stereocenters. The SMILES string of the molecule is CCNC(=O)C1CCC(n2cnc3c(N)nc(NCCc4ccc(CCC(=O)O)cc4)nc32)O1. The first-order chi connectivity index (χ1) is 16.4. The summed E-state index contributed by atoms with van der Waals surface area (Å²) in [6.45, 7) is 3.03. The van der Waals surface area contributed by atoms with Gasteiger partial charge in [0.05, 0.1) is 6.33 Å². The summed E-state index contributed by atoms with van der Waals surface area (Å²) in [7, 11) is 0. The Balaban J connectivity index is 1.39. The lowest BCUT2D eigenvalue weighted by atomic mass is 10.1. The number of likely N-dealkylation sites (N-methyl/N-ethyl adjacent to an activating group) is 1. The van der Waals surface area contributed by atoms with Crippen LogP contribution < -0.4 is 16.4 Å². The van der Waals surface area contributed by atoms with Crippen LogP contribution in [0.25, 0.3) is 11.2 Å². The first-order valence-corrected chi connectivity index (χ1v) is 11.4. The minimum absolute atomic E-state index is 0.110. The molecule has 34 heavy (non-hydrogen) atoms. The van der Waals surface area contributed by atoms with E-state index in [-0.39, 0.29) is 24.4 Å². The lowest BCUT2D eigenvalue weighted by molar-refractivity contribution is -0.137. The fourth-order valence-corrected chi connectivity index (χ4v) is 3.98. The second kappa shape index (κ2) is 10.5. The van der Waals surface area contributed by atoms with Gasteiger partial charge in [0, 0.05) is 19.5 Å². The number of hydrogen-bond acceptors (Lipinski definition) is 8. The quantitative estimate of drug-likeness (QED) is 0.349. The van der Waals surface area contributed by atoms with Crippen molar-refractivity contribution in [1.29, 1.82) is 0 Å². The number of fused-ring (bicyclic) bond motifs is 1. The fraction of sp³-hybridized carbons (Fsp3) is 0.435. The zero-order valence-electron chi connectivity index (χ0n) is 19.0. The van der Waals surface area contributed by atoms with Crippen molar-refractivity contribution in [2.75, 3.05) is 24.1 Å². The number of nitrogens with one attached hydrogen (secondary N) is 2. The topological polar surface area (TPSA) is 157 Å². The molecule has 0 radical (unpaired) electrons. The third-order valence-electron chi connectivity index (χ3n) is 5.75. The number of aryl methyl sites for hydroxylation is 1. The second-order valence-electron chi connectivity index (χ2n) is 8.19. The molecule has 0 saturated carbocycles. The number of nitrogens with zero attached hydrogens (tertiary/aromatic N) is 4. The molecule has 3 aromatic rings. The number of ether oxygens (including phenoxy) is 1. The van der Waals surface area contributed by atoms with Gasteiger partial charge in [-0.05, 0) is 43.7 Å². The number of hydrogen-bond donors (Lipinski definition) is 4. The van der Waals surface area contributed by atoms with Gasteiger partial charge in [-0.2, -0.15) is 9.97 Å². The molecule has 1 aliphatic rings. The molecule has 2 aromatic heterocycles. The van der Waals surface area contributed by atoms with Gasteiger partial charge < -0.3 is 26.2 Å². The van der Waals surface area contributed by atoms with Crippen LogP contribution in [0.5, 0.6) is 0 Å². The van der Waals surface area contributed by atoms with E-state index in [1.165, 1.54) is 0 Å². The molecule has 3 heterocycles. The molecule has 0 spiro atoms. The van der Waals surface area contributed by atoms with Gasteiger partial charge in [0.15, 0.2) is 11.5 Å². The van der Waals surface area contributed by atoms with Gasteiger partial charge in [0.2, 0.25) is 11.9 Å². The Labute approximate surface area is 196 Å². The van der Waals surface area contributed by atoms with Crippen LogP contribution >= 0.6 is 0 Å². The Morgan fingerprint density at radius 3 is 2.62 bits per heavy atom. The summed E-state index contributed by atoms with van der Waals surface area (Å²) in [6, 6.07) is 7.89. The predicted octanol–water partition coefficient (Wildman–Crippen LogP) is 1.89. The standard InChI is InChI=1S/C23H29N7O4/c1-2-25-22(33)16-8-9-17(34-16)30-13-27-19-20(24)28-23(29-21(19)30)26-12-11-15-5-3-14(4-6-15)7-10-18(31)32/h3-6,13,16-17H,2,7-12H2,1H3,(H,25,33)(H,31,32)(H3,24,26,28,29). The van der Waals surface area contributed by atoms with Gasteiger partial charge >= 0.3 is 5.97 Å². The maximum atomic E-state index is 12.1. The number of imidazole rings is 1. The number of nitrogens with two attached hydrogens (primary N) is 1. The van der Waals surface area contributed by atoms with Crippen molar-refractivity contribution >= 4 is 34.8 Å². The van der Waals surface area contributed by atoms with E-state index in [1.807, 2.05) is 31.2 Å². The Hall–Kier alpha value is -3.73. The van der Waals surface area contributed by atoms with Gasteiger partial charge in [0.1, 0.15) is 17.8 Å². The summed E-state index contributed by atoms with van der Waals surface area (Å²) in [5.74, 6) is -0.247. The first-order valence-electron chi connectivity index (χ1n) is 11.4. The van der Waals surface area contributed by atoms with Crippen LogP contribution in [-0.2, 0) is 27.2 Å². The number of rotatable bonds is 10. The summed E-state index contributed by atoms with van der Waals surface area (Å²) in [6.07, 6.45) is 3.45. The number of amides is 1. The Bertz CT molecular complexity index is 1160. The van der Waals surface area contributed by atoms with E-state index in [1.54, 1.807) is 10.9 Å². The maximum Gasteiger partial charge on any atom is 0.303 e. The Morgan fingerprint density at radius 2 is 1.91 bits per heavy atom. The van der Waals surface area contributed by atoms with Crippen LogP contribution in [-0.4, -0.2) is 55.7 Å². The number of carbonyl (C=O) groups excluding carboxylic acids is 1. The van der Waals surface area contributed by atoms with Gasteiger partial charge in [0.25, 0.3) is 0 Å². The van der Waals surface area contributed by atoms with Crippen molar-refractivity contribution in [2.45, 2.75) is 51.4 Å². The number of carbonyl (C=O) groups is 2. The molecular weight excluding hydrogens is 438 g/mol. The molecule has 180 valence electrons. The van der Waals surface area contributed by atoms with Crippen LogP contribution in [0.1, 0.15) is 43.5 Å². The van der Waals surface area contributed by atoms with E-state index < -0.39 is 12.1 Å². The van der Waals surface area contributed by atoms with E-state index in [4.69, 9.17) is 15.6 Å². The number of aromatic nitrogens is 4. The lowest BCUT2D eigenvalue weighted by Crippen LogP contribution is -2.34. The third kappa shape index (κ3) is 5.42. The third-order valence-corrected chi connectivity index (χ3v) is 5.75. The number of anilines is 2. The minimum atomic E-state index is -0.799. The minimum Gasteiger partial charge on any atom is -0.481 e. The monoisotopic (exact) mass is 467 g/mol. The van der Waals surface area contributed by atoms with Crippen molar-refractivity contribution in [3.05, 3.63) is 41.7 Å². The normalized spacial score (nSPS) is 17.7. The van der Waals surface area contributed by atoms with Crippen LogP contribution in [0.3, 0.4) is 0 Å². The average Bonchev–Trinajstić information content (AvgIpc) is 3.46. The molecule has 4 rings (SSSR count). The van der Waals surface area contributed by atoms with Crippen molar-refractivity contribution in [2.24, 2.45) is 0 Å². The van der Waals surface area contributed by atoms with Gasteiger partial charge in [-0.25, -0.2) is 4.98 Å². The summed E-state index contributed by atoms with van der Waals surface area (Å²) in [5, 5.41) is 14.8. The molecule has 1 aromatic carbocycles. The van der Waals surface area contributed by atoms with Crippen LogP contribution in [0, 0.1) is 0 Å². The highest BCUT2D eigenvalue weighted by atomic mass is 16.5. The van der Waals surface area contributed by atoms with Crippen LogP contribution in [0.15, 0.2) is 30.6 Å². The van der Waals surface area contributed by atoms with Crippen molar-refractivity contribution in [3.63, 3.8) is 0 Å². The molecule has 0 aliphatic carbocycles. The van der Waals surface area contributed by atoms with E-state index in [2.05, 4.69) is 25.6 Å². The molecule has 5 N–H and O–H groups in total. The number of carboxylic acid groups (broad SMARTS) is 1. The van der Waals surface area contributed by atoms with E-state index in [9.17, 15) is 9.59 Å². The smallest absolute Gasteiger partial charge is 0.303 e. The number of nitrogen functional groups attached to an aromatic ring is 1. The molecular formula is C23H29N7O4. The molecule has 1 amide bonds. The van der Waals surface area contributed by atoms with Crippen LogP contribution in [0.4, 0.5) is 11.8 Å². The molecule has 0 bridgehead atoms. The second-order valence-corrected chi connectivity index (χ2v) is 8.19. The van der Waals surface area contributed by atoms with Gasteiger partial charge in [-0.3, -0.25) is 14.2 Å². The highest BCUT2D eigenvalue weighted by Crippen LogP contribution is 2.31. The molecule has 11 heteroatoms. The van der Waals surface area contributed by atoms with Crippen LogP contribution in [0.2, 0.25) is 0 Å². The molecule has 1 fully saturated rings. The van der Waals surface area contributed by atoms with Gasteiger partial charge in [-0.1, -0.05) is 24.3 Å². The number of aliphatic carboxylic acids is 1. The number of benzene rings is 1.